The molecule has 0 radical (unpaired) electrons. The van der Waals surface area contributed by atoms with Crippen LogP contribution in [0, 0.1) is 40.4 Å². The van der Waals surface area contributed by atoms with E-state index in [0.717, 1.165) is 23.9 Å². The van der Waals surface area contributed by atoms with Crippen molar-refractivity contribution >= 4 is 34.6 Å². The van der Waals surface area contributed by atoms with E-state index in [2.05, 4.69) is 11.8 Å². The van der Waals surface area contributed by atoms with Crippen LogP contribution in [-0.2, 0) is 23.9 Å². The van der Waals surface area contributed by atoms with Crippen LogP contribution in [0.25, 0.3) is 0 Å². The van der Waals surface area contributed by atoms with Crippen molar-refractivity contribution in [3.63, 3.8) is 0 Å². The number of fused-ring (bicyclic) bond motifs is 5. The molecule has 5 rings (SSSR count). The van der Waals surface area contributed by atoms with E-state index in [-0.39, 0.29) is 49.4 Å². The SMILES string of the molecule is C[C@@H]1C[C@H]2[C@@H]3C[C@H](F)C4=CC(=O)C=C(O)[C@]4(C)[C@@]3(F)CC[C@]2(C)[C@@]1(OC(=O)c1ccco1)C(=O)SCC#CCOC(=O)CC(C)(C)F. The maximum absolute atomic E-state index is 17.6. The van der Waals surface area contributed by atoms with Gasteiger partial charge >= 0.3 is 11.9 Å². The van der Waals surface area contributed by atoms with Crippen molar-refractivity contribution in [2.24, 2.45) is 28.6 Å². The molecule has 0 aliphatic heterocycles. The average molecular weight is 677 g/mol. The van der Waals surface area contributed by atoms with Gasteiger partial charge in [-0.3, -0.25) is 14.4 Å². The number of allylic oxidation sites excluding steroid dienone is 3. The van der Waals surface area contributed by atoms with Crippen molar-refractivity contribution in [1.29, 1.82) is 0 Å². The summed E-state index contributed by atoms with van der Waals surface area (Å²) < 4.78 is 63.6. The molecule has 254 valence electrons. The number of esters is 2. The highest BCUT2D eigenvalue weighted by Crippen LogP contribution is 2.72. The van der Waals surface area contributed by atoms with E-state index >= 15 is 8.78 Å². The topological polar surface area (TPSA) is 120 Å². The van der Waals surface area contributed by atoms with Crippen LogP contribution in [0.5, 0.6) is 0 Å². The predicted molar refractivity (Wildman–Crippen MR) is 166 cm³/mol. The summed E-state index contributed by atoms with van der Waals surface area (Å²) >= 11 is 0.801. The Bertz CT molecular complexity index is 1580. The zero-order chi connectivity index (χ0) is 34.6. The normalized spacial score (nSPS) is 36.0. The number of aliphatic hydroxyl groups is 1. The van der Waals surface area contributed by atoms with Gasteiger partial charge in [0.15, 0.2) is 18.0 Å². The van der Waals surface area contributed by atoms with Crippen molar-refractivity contribution in [3.8, 4) is 11.8 Å². The molecule has 3 fully saturated rings. The highest BCUT2D eigenvalue weighted by Gasteiger charge is 2.76. The van der Waals surface area contributed by atoms with E-state index in [0.29, 0.717) is 0 Å². The lowest BCUT2D eigenvalue weighted by atomic mass is 9.45. The fourth-order valence-corrected chi connectivity index (χ4v) is 9.62. The fourth-order valence-electron chi connectivity index (χ4n) is 8.62. The highest BCUT2D eigenvalue weighted by molar-refractivity contribution is 8.14. The molecule has 0 amide bonds. The second-order valence-electron chi connectivity index (χ2n) is 14.1. The zero-order valence-corrected chi connectivity index (χ0v) is 27.8. The van der Waals surface area contributed by atoms with Gasteiger partial charge in [0.05, 0.1) is 23.9 Å². The second kappa shape index (κ2) is 12.2. The van der Waals surface area contributed by atoms with Crippen LogP contribution in [0.15, 0.2) is 46.3 Å². The first kappa shape index (κ1) is 34.9. The summed E-state index contributed by atoms with van der Waals surface area (Å²) in [7, 11) is 0. The molecule has 0 saturated heterocycles. The van der Waals surface area contributed by atoms with Gasteiger partial charge in [0.2, 0.25) is 10.9 Å². The minimum atomic E-state index is -2.15. The first-order valence-electron chi connectivity index (χ1n) is 15.6. The lowest BCUT2D eigenvalue weighted by molar-refractivity contribution is -0.184. The van der Waals surface area contributed by atoms with Crippen LogP contribution in [0.4, 0.5) is 13.2 Å². The minimum absolute atomic E-state index is 0.0551. The molecule has 4 aliphatic carbocycles. The van der Waals surface area contributed by atoms with Gasteiger partial charge in [0, 0.05) is 23.3 Å². The van der Waals surface area contributed by atoms with Gasteiger partial charge in [-0.15, -0.1) is 0 Å². The maximum Gasteiger partial charge on any atom is 0.375 e. The standard InChI is InChI=1S/C35H39F3O8S/c1-20-15-22-23-18-25(36)24-16-21(39)17-27(40)33(24,5)34(23,38)11-10-32(22,4)35(20,46-29(42)26-9-8-13-44-26)30(43)47-14-7-6-12-45-28(41)19-31(2,3)37/h8-9,13,16-17,20,22-23,25,40H,10-12,14-15,18-19H2,1-5H3/t20-,22+,23+,25+,32+,33-,34-,35+/m1/s1. The van der Waals surface area contributed by atoms with Crippen molar-refractivity contribution in [2.45, 2.75) is 89.8 Å². The summed E-state index contributed by atoms with van der Waals surface area (Å²) in [5.41, 5.74) is -8.67. The van der Waals surface area contributed by atoms with Crippen molar-refractivity contribution in [2.75, 3.05) is 12.4 Å². The third-order valence-electron chi connectivity index (χ3n) is 10.9. The smallest absolute Gasteiger partial charge is 0.375 e. The van der Waals surface area contributed by atoms with Crippen LogP contribution in [-0.4, -0.2) is 63.4 Å². The molecule has 12 heteroatoms. The Hall–Kier alpha value is -3.46. The Morgan fingerprint density at radius 3 is 2.53 bits per heavy atom. The van der Waals surface area contributed by atoms with Crippen molar-refractivity contribution in [3.05, 3.63) is 47.6 Å². The van der Waals surface area contributed by atoms with E-state index < -0.39 is 86.7 Å². The number of rotatable bonds is 7. The molecule has 1 aromatic heterocycles. The van der Waals surface area contributed by atoms with Crippen molar-refractivity contribution in [1.82, 2.24) is 0 Å². The van der Waals surface area contributed by atoms with Crippen LogP contribution in [0.1, 0.15) is 77.3 Å². The first-order chi connectivity index (χ1) is 21.9. The number of hydrogen-bond donors (Lipinski definition) is 1. The maximum atomic E-state index is 17.6. The molecule has 0 aromatic carbocycles. The number of carbonyl (C=O) groups is 4. The van der Waals surface area contributed by atoms with Crippen LogP contribution < -0.4 is 0 Å². The number of ether oxygens (including phenoxy) is 2. The number of ketones is 1. The van der Waals surface area contributed by atoms with Gasteiger partial charge in [-0.25, -0.2) is 18.0 Å². The number of aliphatic hydroxyl groups excluding tert-OH is 1. The summed E-state index contributed by atoms with van der Waals surface area (Å²) in [6.45, 7) is 7.15. The van der Waals surface area contributed by atoms with Crippen LogP contribution >= 0.6 is 11.8 Å². The van der Waals surface area contributed by atoms with Gasteiger partial charge in [-0.2, -0.15) is 0 Å². The molecule has 8 atom stereocenters. The van der Waals surface area contributed by atoms with E-state index in [1.165, 1.54) is 39.2 Å². The number of halogens is 3. The highest BCUT2D eigenvalue weighted by atomic mass is 32.2. The Balaban J connectivity index is 1.44. The van der Waals surface area contributed by atoms with E-state index in [1.54, 1.807) is 13.8 Å². The molecular formula is C35H39F3O8S. The first-order valence-corrected chi connectivity index (χ1v) is 16.6. The molecule has 1 N–H and O–H groups in total. The number of thioether (sulfide) groups is 1. The second-order valence-corrected chi connectivity index (χ2v) is 15.0. The van der Waals surface area contributed by atoms with Gasteiger partial charge < -0.3 is 19.0 Å². The third kappa shape index (κ3) is 5.62. The molecule has 1 heterocycles. The molecule has 3 saturated carbocycles. The number of alkyl halides is 3. The van der Waals surface area contributed by atoms with Gasteiger partial charge in [-0.1, -0.05) is 37.5 Å². The molecule has 0 spiro atoms. The van der Waals surface area contributed by atoms with Crippen LogP contribution in [0.2, 0.25) is 0 Å². The zero-order valence-electron chi connectivity index (χ0n) is 27.0. The lowest BCUT2D eigenvalue weighted by Gasteiger charge is -2.61. The molecule has 4 aliphatic rings. The summed E-state index contributed by atoms with van der Waals surface area (Å²) in [5, 5.41) is 10.4. The number of hydrogen-bond acceptors (Lipinski definition) is 9. The monoisotopic (exact) mass is 676 g/mol. The van der Waals surface area contributed by atoms with E-state index in [1.807, 2.05) is 0 Å². The lowest BCUT2D eigenvalue weighted by Crippen LogP contribution is -2.66. The fraction of sp³-hybridized carbons (Fsp3) is 0.600. The molecule has 47 heavy (non-hydrogen) atoms. The average Bonchev–Trinajstić information content (AvgIpc) is 3.59. The largest absolute Gasteiger partial charge is 0.511 e. The van der Waals surface area contributed by atoms with Gasteiger partial charge in [-0.05, 0) is 76.2 Å². The molecule has 1 aromatic rings. The Kier molecular flexibility index (Phi) is 9.06. The Morgan fingerprint density at radius 2 is 1.87 bits per heavy atom. The third-order valence-corrected chi connectivity index (χ3v) is 11.7. The Labute approximate surface area is 275 Å². The predicted octanol–water partition coefficient (Wildman–Crippen LogP) is 6.60. The van der Waals surface area contributed by atoms with Crippen molar-refractivity contribution < 1.29 is 51.3 Å². The molecule has 8 nitrogen and oxygen atoms in total. The van der Waals surface area contributed by atoms with Gasteiger partial charge in [0.25, 0.3) is 0 Å². The minimum Gasteiger partial charge on any atom is -0.511 e. The quantitative estimate of drug-likeness (QED) is 0.252. The number of furan rings is 1. The molecule has 0 unspecified atom stereocenters. The molecular weight excluding hydrogens is 637 g/mol. The summed E-state index contributed by atoms with van der Waals surface area (Å²) in [5.74, 6) is 0.184. The Morgan fingerprint density at radius 1 is 1.15 bits per heavy atom. The summed E-state index contributed by atoms with van der Waals surface area (Å²) in [6, 6.07) is 2.90. The van der Waals surface area contributed by atoms with E-state index in [4.69, 9.17) is 13.9 Å². The number of carbonyl (C=O) groups excluding carboxylic acids is 4. The summed E-state index contributed by atoms with van der Waals surface area (Å²) in [4.78, 5) is 51.7. The van der Waals surface area contributed by atoms with Crippen LogP contribution in [0.3, 0.4) is 0 Å². The molecule has 0 bridgehead atoms. The van der Waals surface area contributed by atoms with E-state index in [9.17, 15) is 28.7 Å². The van der Waals surface area contributed by atoms with Gasteiger partial charge in [0.1, 0.15) is 23.3 Å². The summed E-state index contributed by atoms with van der Waals surface area (Å²) in [6.07, 6.45) is 0.985.